The molecule has 0 aliphatic heterocycles. The van der Waals surface area contributed by atoms with Gasteiger partial charge in [0.15, 0.2) is 34.9 Å². The van der Waals surface area contributed by atoms with Gasteiger partial charge in [-0.15, -0.1) is 0 Å². The number of rotatable bonds is 13. The Morgan fingerprint density at radius 3 is 0.845 bits per heavy atom. The standard InChI is InChI=1S/C55H35N3O.C53H33N3O/c1-4-14-36(15-5-1)38-26-28-39(29-27-38)40-30-32-41(33-31-40)45-24-13-25-49-51(45)52-47-23-11-10-22-46(47)48(35-50(52)59-49)55-57-53(42-18-8-3-9-19-42)56-54(58-55)44-21-12-20-43(34-44)37-16-6-2-7-17-37;1-3-12-34(13-4-1)36-24-29-40(30-25-36)52-54-51(39-15-5-2-6-16-39)55-53(56-52)46-33-48-50(45-19-10-9-18-44(45)46)49-43(20-11-21-47(49)57-48)38-27-22-37(23-28-38)42-31-26-35-14-7-8-17-41(35)32-42/h1-35H;1-33H. The molecule has 0 unspecified atom stereocenters. The first-order valence-corrected chi connectivity index (χ1v) is 39.0. The SMILES string of the molecule is c1ccc(-c2ccc(-c3ccc(-c4cccc5oc6cc(-c7nc(-c8ccccc8)nc(-c8cccc(-c9ccccc9)c8)n7)c7ccccc7c6c45)cc3)cc2)cc1.c1ccc(-c2ccc(-c3nc(-c4ccccc4)nc(-c4cc5oc6cccc(-c7ccc(-c8ccc9ccccc9c8)cc7)c6c5c5ccccc45)n3)cc2)cc1. The molecule has 8 nitrogen and oxygen atoms in total. The van der Waals surface area contributed by atoms with Crippen LogP contribution in [-0.4, -0.2) is 29.9 Å². The molecule has 0 amide bonds. The van der Waals surface area contributed by atoms with E-state index in [0.29, 0.717) is 34.9 Å². The zero-order chi connectivity index (χ0) is 76.8. The minimum atomic E-state index is 0.588. The summed E-state index contributed by atoms with van der Waals surface area (Å²) in [5.41, 5.74) is 24.9. The number of fused-ring (bicyclic) bond motifs is 11. The number of nitrogens with zero attached hydrogens (tertiary/aromatic N) is 6. The highest BCUT2D eigenvalue weighted by molar-refractivity contribution is 6.26. The Labute approximate surface area is 669 Å². The molecule has 8 heteroatoms. The Hall–Kier alpha value is -15.6. The Morgan fingerprint density at radius 1 is 0.138 bits per heavy atom. The van der Waals surface area contributed by atoms with Crippen LogP contribution in [-0.2, 0) is 0 Å². The lowest BCUT2D eigenvalue weighted by atomic mass is 9.93. The van der Waals surface area contributed by atoms with Gasteiger partial charge in [-0.2, -0.15) is 0 Å². The number of hydrogen-bond donors (Lipinski definition) is 0. The van der Waals surface area contributed by atoms with Crippen molar-refractivity contribution in [2.24, 2.45) is 0 Å². The smallest absolute Gasteiger partial charge is 0.164 e. The van der Waals surface area contributed by atoms with Crippen molar-refractivity contribution in [2.45, 2.75) is 0 Å². The van der Waals surface area contributed by atoms with Gasteiger partial charge < -0.3 is 8.83 Å². The van der Waals surface area contributed by atoms with Crippen LogP contribution < -0.4 is 0 Å². The number of aromatic nitrogens is 6. The van der Waals surface area contributed by atoms with Crippen LogP contribution in [0.5, 0.6) is 0 Å². The molecular formula is C108H68N6O2. The molecule has 0 saturated heterocycles. The van der Waals surface area contributed by atoms with Crippen molar-refractivity contribution in [3.8, 4) is 146 Å². The second kappa shape index (κ2) is 29.6. The van der Waals surface area contributed by atoms with Crippen molar-refractivity contribution in [1.29, 1.82) is 0 Å². The second-order valence-corrected chi connectivity index (χ2v) is 29.1. The minimum absolute atomic E-state index is 0.588. The third-order valence-corrected chi connectivity index (χ3v) is 22.1. The highest BCUT2D eigenvalue weighted by atomic mass is 16.3. The van der Waals surface area contributed by atoms with E-state index < -0.39 is 0 Å². The fraction of sp³-hybridized carbons (Fsp3) is 0. The predicted octanol–water partition coefficient (Wildman–Crippen LogP) is 28.7. The highest BCUT2D eigenvalue weighted by Crippen LogP contribution is 2.47. The van der Waals surface area contributed by atoms with E-state index in [4.69, 9.17) is 38.7 Å². The summed E-state index contributed by atoms with van der Waals surface area (Å²) in [7, 11) is 0. The van der Waals surface area contributed by atoms with Crippen molar-refractivity contribution in [1.82, 2.24) is 29.9 Å². The number of benzene rings is 18. The molecule has 18 aromatic carbocycles. The fourth-order valence-corrected chi connectivity index (χ4v) is 16.3. The van der Waals surface area contributed by atoms with E-state index >= 15 is 0 Å². The molecule has 0 radical (unpaired) electrons. The van der Waals surface area contributed by atoms with E-state index in [2.05, 4.69) is 334 Å². The van der Waals surface area contributed by atoms with Gasteiger partial charge in [0.05, 0.1) is 0 Å². The number of hydrogen-bond acceptors (Lipinski definition) is 8. The van der Waals surface area contributed by atoms with Gasteiger partial charge in [0.1, 0.15) is 22.3 Å². The summed E-state index contributed by atoms with van der Waals surface area (Å²) in [6, 6.07) is 144. The molecule has 0 aliphatic rings. The molecule has 0 bridgehead atoms. The molecule has 4 aromatic heterocycles. The van der Waals surface area contributed by atoms with Gasteiger partial charge in [-0.3, -0.25) is 0 Å². The summed E-state index contributed by atoms with van der Waals surface area (Å²) in [6.45, 7) is 0. The van der Waals surface area contributed by atoms with E-state index in [1.807, 2.05) is 78.9 Å². The summed E-state index contributed by atoms with van der Waals surface area (Å²) < 4.78 is 13.5. The Bertz CT molecular complexity index is 7440. The average molecular weight is 1480 g/mol. The van der Waals surface area contributed by atoms with Gasteiger partial charge in [-0.25, -0.2) is 29.9 Å². The van der Waals surface area contributed by atoms with Crippen LogP contribution >= 0.6 is 0 Å². The molecule has 22 rings (SSSR count). The lowest BCUT2D eigenvalue weighted by Gasteiger charge is -2.12. The molecule has 0 saturated carbocycles. The normalized spacial score (nSPS) is 11.4. The van der Waals surface area contributed by atoms with Gasteiger partial charge in [-0.05, 0) is 147 Å². The Kier molecular flexibility index (Phi) is 17.4. The van der Waals surface area contributed by atoms with Crippen molar-refractivity contribution in [2.75, 3.05) is 0 Å². The zero-order valence-electron chi connectivity index (χ0n) is 62.8. The van der Waals surface area contributed by atoms with Crippen LogP contribution in [0.15, 0.2) is 421 Å². The van der Waals surface area contributed by atoms with Gasteiger partial charge in [-0.1, -0.05) is 376 Å². The largest absolute Gasteiger partial charge is 0.456 e. The Morgan fingerprint density at radius 2 is 0.414 bits per heavy atom. The van der Waals surface area contributed by atoms with E-state index in [0.717, 1.165) is 143 Å². The van der Waals surface area contributed by atoms with E-state index in [1.165, 1.54) is 44.2 Å². The molecule has 116 heavy (non-hydrogen) atoms. The van der Waals surface area contributed by atoms with Gasteiger partial charge in [0.25, 0.3) is 0 Å². The summed E-state index contributed by atoms with van der Waals surface area (Å²) in [5.74, 6) is 3.63. The van der Waals surface area contributed by atoms with E-state index in [-0.39, 0.29) is 0 Å². The monoisotopic (exact) mass is 1480 g/mol. The summed E-state index contributed by atoms with van der Waals surface area (Å²) >= 11 is 0. The van der Waals surface area contributed by atoms with Crippen molar-refractivity contribution in [3.05, 3.63) is 413 Å². The third-order valence-electron chi connectivity index (χ3n) is 22.1. The van der Waals surface area contributed by atoms with Crippen LogP contribution in [0, 0.1) is 0 Å². The van der Waals surface area contributed by atoms with Crippen LogP contribution in [0.3, 0.4) is 0 Å². The van der Waals surface area contributed by atoms with Crippen molar-refractivity contribution in [3.63, 3.8) is 0 Å². The van der Waals surface area contributed by atoms with Crippen LogP contribution in [0.2, 0.25) is 0 Å². The maximum atomic E-state index is 6.75. The van der Waals surface area contributed by atoms with Crippen molar-refractivity contribution >= 4 is 76.2 Å². The van der Waals surface area contributed by atoms with Crippen LogP contribution in [0.1, 0.15) is 0 Å². The molecule has 542 valence electrons. The quantitative estimate of drug-likeness (QED) is 0.112. The molecule has 22 aromatic rings. The molecule has 0 atom stereocenters. The Balaban J connectivity index is 0.000000145. The molecule has 0 fully saturated rings. The van der Waals surface area contributed by atoms with Gasteiger partial charge in [0.2, 0.25) is 0 Å². The zero-order valence-corrected chi connectivity index (χ0v) is 62.8. The lowest BCUT2D eigenvalue weighted by Crippen LogP contribution is -2.00. The summed E-state index contributed by atoms with van der Waals surface area (Å²) in [6.07, 6.45) is 0. The van der Waals surface area contributed by atoms with Crippen LogP contribution in [0.4, 0.5) is 0 Å². The molecule has 0 aliphatic carbocycles. The van der Waals surface area contributed by atoms with Crippen molar-refractivity contribution < 1.29 is 8.83 Å². The number of furan rings is 2. The van der Waals surface area contributed by atoms with E-state index in [1.54, 1.807) is 0 Å². The topological polar surface area (TPSA) is 104 Å². The molecule has 0 N–H and O–H groups in total. The fourth-order valence-electron chi connectivity index (χ4n) is 16.3. The first-order chi connectivity index (χ1) is 57.5. The predicted molar refractivity (Wildman–Crippen MR) is 477 cm³/mol. The molecule has 4 heterocycles. The van der Waals surface area contributed by atoms with Gasteiger partial charge >= 0.3 is 0 Å². The first-order valence-electron chi connectivity index (χ1n) is 39.0. The van der Waals surface area contributed by atoms with Gasteiger partial charge in [0, 0.05) is 54.9 Å². The highest BCUT2D eigenvalue weighted by Gasteiger charge is 2.24. The van der Waals surface area contributed by atoms with Crippen LogP contribution in [0.25, 0.3) is 222 Å². The maximum Gasteiger partial charge on any atom is 0.164 e. The minimum Gasteiger partial charge on any atom is -0.456 e. The average Bonchev–Trinajstić information content (AvgIpc) is 1.56. The van der Waals surface area contributed by atoms with E-state index in [9.17, 15) is 0 Å². The molecule has 0 spiro atoms. The molecular weight excluding hydrogens is 1410 g/mol. The first kappa shape index (κ1) is 68.4. The third kappa shape index (κ3) is 12.9. The second-order valence-electron chi connectivity index (χ2n) is 29.1. The lowest BCUT2D eigenvalue weighted by molar-refractivity contribution is 0.669. The summed E-state index contributed by atoms with van der Waals surface area (Å²) in [4.78, 5) is 30.7. The summed E-state index contributed by atoms with van der Waals surface area (Å²) in [5, 5.41) is 11.1. The maximum absolute atomic E-state index is 6.75.